The summed E-state index contributed by atoms with van der Waals surface area (Å²) < 4.78 is 48.4. The molecule has 0 bridgehead atoms. The third-order valence-electron chi connectivity index (χ3n) is 7.25. The third kappa shape index (κ3) is 14.2. The van der Waals surface area contributed by atoms with Crippen LogP contribution in [0.15, 0.2) is 48.7 Å². The second-order valence-corrected chi connectivity index (χ2v) is 13.5. The second-order valence-electron chi connectivity index (χ2n) is 11.8. The highest BCUT2D eigenvalue weighted by molar-refractivity contribution is 7.46. The first-order chi connectivity index (χ1) is 22.5. The Bertz CT molecular complexity index is 1640. The van der Waals surface area contributed by atoms with E-state index >= 15 is 0 Å². The number of hydrogen-bond acceptors (Lipinski definition) is 7. The van der Waals surface area contributed by atoms with Gasteiger partial charge in [0, 0.05) is 43.6 Å². The quantitative estimate of drug-likeness (QED) is 0.0870. The van der Waals surface area contributed by atoms with E-state index in [0.717, 1.165) is 0 Å². The number of benzene rings is 2. The summed E-state index contributed by atoms with van der Waals surface area (Å²) in [5.74, 6) is -1.21. The molecule has 5 N–H and O–H groups in total. The topological polar surface area (TPSA) is 179 Å². The number of phosphoric ester groups is 1. The maximum absolute atomic E-state index is 13.9. The fourth-order valence-electron chi connectivity index (χ4n) is 4.48. The largest absolute Gasteiger partial charge is 0.469 e. The number of halogens is 3. The number of likely N-dealkylation sites (N-methyl/N-ethyl adjacent to an activating group) is 1. The highest BCUT2D eigenvalue weighted by atomic mass is 35.5. The number of nitrogens with zero attached hydrogens (tertiary/aromatic N) is 2. The van der Waals surface area contributed by atoms with Gasteiger partial charge in [0.1, 0.15) is 24.1 Å². The van der Waals surface area contributed by atoms with Crippen LogP contribution in [0, 0.1) is 17.0 Å². The number of rotatable bonds is 16. The molecule has 2 aromatic carbocycles. The Hall–Kier alpha value is -3.88. The fourth-order valence-corrected chi connectivity index (χ4v) is 5.21. The van der Waals surface area contributed by atoms with E-state index in [0.29, 0.717) is 29.2 Å². The van der Waals surface area contributed by atoms with Gasteiger partial charge in [0.2, 0.25) is 5.91 Å². The van der Waals surface area contributed by atoms with Gasteiger partial charge in [-0.05, 0) is 60.5 Å². The first-order valence-electron chi connectivity index (χ1n) is 14.9. The van der Waals surface area contributed by atoms with Gasteiger partial charge >= 0.3 is 19.9 Å². The number of anilines is 1. The summed E-state index contributed by atoms with van der Waals surface area (Å²) in [5.41, 5.74) is -0.293. The molecule has 3 aromatic rings. The molecule has 1 atom stereocenters. The minimum Gasteiger partial charge on any atom is -0.447 e. The summed E-state index contributed by atoms with van der Waals surface area (Å²) in [6.45, 7) is 3.08. The smallest absolute Gasteiger partial charge is 0.447 e. The van der Waals surface area contributed by atoms with Crippen LogP contribution in [0.25, 0.3) is 10.8 Å². The van der Waals surface area contributed by atoms with E-state index in [-0.39, 0.29) is 63.3 Å². The number of nitrogens with one attached hydrogen (secondary N) is 3. The van der Waals surface area contributed by atoms with E-state index in [1.165, 1.54) is 41.4 Å². The molecule has 49 heavy (non-hydrogen) atoms. The van der Waals surface area contributed by atoms with Crippen molar-refractivity contribution in [3.05, 3.63) is 70.9 Å². The van der Waals surface area contributed by atoms with Crippen LogP contribution in [0.3, 0.4) is 0 Å². The van der Waals surface area contributed by atoms with E-state index in [2.05, 4.69) is 25.5 Å². The molecule has 13 nitrogen and oxygen atoms in total. The van der Waals surface area contributed by atoms with Gasteiger partial charge in [-0.25, -0.2) is 27.9 Å². The number of amides is 4. The highest BCUT2D eigenvalue weighted by Gasteiger charge is 2.25. The third-order valence-corrected chi connectivity index (χ3v) is 8.14. The van der Waals surface area contributed by atoms with Gasteiger partial charge in [-0.3, -0.25) is 14.6 Å². The summed E-state index contributed by atoms with van der Waals surface area (Å²) in [4.78, 5) is 61.5. The molecule has 4 amide bonds. The Balaban J connectivity index is 0.00000833. The van der Waals surface area contributed by atoms with E-state index in [9.17, 15) is 27.7 Å². The lowest BCUT2D eigenvalue weighted by atomic mass is 9.95. The zero-order chi connectivity index (χ0) is 35.5. The van der Waals surface area contributed by atoms with Crippen molar-refractivity contribution in [2.24, 2.45) is 5.41 Å². The van der Waals surface area contributed by atoms with Crippen molar-refractivity contribution < 1.29 is 46.8 Å². The second kappa shape index (κ2) is 18.8. The minimum atomic E-state index is -4.65. The van der Waals surface area contributed by atoms with Crippen LogP contribution in [0.5, 0.6) is 0 Å². The monoisotopic (exact) mass is 729 g/mol. The predicted molar refractivity (Wildman–Crippen MR) is 182 cm³/mol. The van der Waals surface area contributed by atoms with E-state index < -0.39 is 43.0 Å². The minimum absolute atomic E-state index is 0. The highest BCUT2D eigenvalue weighted by Crippen LogP contribution is 2.37. The van der Waals surface area contributed by atoms with Crippen LogP contribution >= 0.6 is 19.4 Å². The molecule has 0 aliphatic rings. The number of urea groups is 1. The van der Waals surface area contributed by atoms with Crippen LogP contribution < -0.4 is 16.0 Å². The fraction of sp³-hybridized carbons (Fsp3) is 0.438. The molecule has 0 saturated heterocycles. The van der Waals surface area contributed by atoms with E-state index in [1.54, 1.807) is 33.0 Å². The normalized spacial score (nSPS) is 12.1. The molecular weight excluding hydrogens is 687 g/mol. The maximum Gasteiger partial charge on any atom is 0.469 e. The summed E-state index contributed by atoms with van der Waals surface area (Å²) in [6.07, 6.45) is 1.50. The van der Waals surface area contributed by atoms with Crippen molar-refractivity contribution in [2.75, 3.05) is 38.7 Å². The number of aryl methyl sites for hydroxylation is 1. The number of ether oxygens (including phenoxy) is 1. The number of fused-ring (bicyclic) bond motifs is 1. The summed E-state index contributed by atoms with van der Waals surface area (Å²) >= 11 is 6.04. The van der Waals surface area contributed by atoms with E-state index in [1.807, 2.05) is 0 Å². The van der Waals surface area contributed by atoms with Crippen molar-refractivity contribution in [1.82, 2.24) is 20.5 Å². The summed E-state index contributed by atoms with van der Waals surface area (Å²) in [5, 5.41) is 8.93. The molecule has 0 radical (unpaired) electrons. The predicted octanol–water partition coefficient (Wildman–Crippen LogP) is 6.03. The van der Waals surface area contributed by atoms with Crippen LogP contribution in [0.4, 0.5) is 24.2 Å². The van der Waals surface area contributed by atoms with Crippen molar-refractivity contribution in [3.8, 4) is 0 Å². The Morgan fingerprint density at radius 2 is 1.84 bits per heavy atom. The Morgan fingerprint density at radius 1 is 1.10 bits per heavy atom. The molecule has 17 heteroatoms. The molecule has 0 saturated carbocycles. The molecule has 1 aromatic heterocycles. The van der Waals surface area contributed by atoms with Crippen LogP contribution in [0.1, 0.15) is 46.1 Å². The van der Waals surface area contributed by atoms with Gasteiger partial charge in [0.15, 0.2) is 0 Å². The zero-order valence-electron chi connectivity index (χ0n) is 26.7. The van der Waals surface area contributed by atoms with Gasteiger partial charge in [-0.1, -0.05) is 45.0 Å². The molecule has 0 aliphatic carbocycles. The molecule has 0 aliphatic heterocycles. The molecule has 270 valence electrons. The first-order valence-corrected chi connectivity index (χ1v) is 16.8. The van der Waals surface area contributed by atoms with Gasteiger partial charge in [0.05, 0.1) is 17.7 Å². The SMILES string of the molecule is C.CN(C(=O)CCc1cccc(F)c1Cl)[C@@H](CCCNC(=O)NCC(C)(C)COP(=O)(O)O)COC(=O)Nc1cc2cc(F)ccc2cn1. The van der Waals surface area contributed by atoms with Crippen molar-refractivity contribution in [3.63, 3.8) is 0 Å². The lowest BCUT2D eigenvalue weighted by molar-refractivity contribution is -0.132. The number of phosphoric acid groups is 1. The van der Waals surface area contributed by atoms with Crippen molar-refractivity contribution in [2.45, 2.75) is 53.0 Å². The standard InChI is InChI=1S/C31H39ClF2N5O8P.CH4/c1-31(2,19-47-48(43,44)45)18-37-29(41)35-13-5-7-24(39(3)27(40)12-10-20-6-4-8-25(34)28(20)32)17-46-30(42)38-26-15-22-14-23(33)11-9-21(22)16-36-26;/h4,6,8-9,11,14-16,24H,5,7,10,12-13,17-19H2,1-3H3,(H2,35,37,41)(H,36,38,42)(H2,43,44,45);1H4/t24-;/m0./s1. The summed E-state index contributed by atoms with van der Waals surface area (Å²) in [7, 11) is -3.11. The average Bonchev–Trinajstić information content (AvgIpc) is 3.02. The van der Waals surface area contributed by atoms with E-state index in [4.69, 9.17) is 26.1 Å². The first kappa shape index (κ1) is 41.3. The lowest BCUT2D eigenvalue weighted by Gasteiger charge is -2.28. The van der Waals surface area contributed by atoms with Crippen LogP contribution in [-0.2, 0) is 25.0 Å². The van der Waals surface area contributed by atoms with Crippen LogP contribution in [0.2, 0.25) is 5.02 Å². The Labute approximate surface area is 288 Å². The number of hydrogen-bond donors (Lipinski definition) is 5. The average molecular weight is 730 g/mol. The number of pyridine rings is 1. The molecule has 0 unspecified atom stereocenters. The number of carbonyl (C=O) groups is 3. The summed E-state index contributed by atoms with van der Waals surface area (Å²) in [6, 6.07) is 8.87. The van der Waals surface area contributed by atoms with Gasteiger partial charge in [-0.15, -0.1) is 0 Å². The van der Waals surface area contributed by atoms with Crippen molar-refractivity contribution in [1.29, 1.82) is 0 Å². The Morgan fingerprint density at radius 3 is 2.55 bits per heavy atom. The van der Waals surface area contributed by atoms with Crippen LogP contribution in [-0.4, -0.2) is 77.1 Å². The van der Waals surface area contributed by atoms with Gasteiger partial charge < -0.3 is 30.1 Å². The molecule has 0 spiro atoms. The number of aromatic nitrogens is 1. The molecular formula is C32H43ClF2N5O8P. The lowest BCUT2D eigenvalue weighted by Crippen LogP contribution is -2.43. The van der Waals surface area contributed by atoms with Crippen molar-refractivity contribution >= 4 is 54.0 Å². The Kier molecular flexibility index (Phi) is 15.8. The number of carbonyl (C=O) groups excluding carboxylic acids is 3. The van der Waals surface area contributed by atoms with Gasteiger partial charge in [0.25, 0.3) is 0 Å². The molecule has 1 heterocycles. The zero-order valence-corrected chi connectivity index (χ0v) is 28.3. The van der Waals surface area contributed by atoms with Gasteiger partial charge in [-0.2, -0.15) is 0 Å². The molecule has 0 fully saturated rings. The molecule has 3 rings (SSSR count). The maximum atomic E-state index is 13.9.